The summed E-state index contributed by atoms with van der Waals surface area (Å²) in [5.41, 5.74) is 0.417. The Bertz CT molecular complexity index is 418. The summed E-state index contributed by atoms with van der Waals surface area (Å²) in [6.45, 7) is 4.59. The van der Waals surface area contributed by atoms with Gasteiger partial charge in [-0.2, -0.15) is 0 Å². The summed E-state index contributed by atoms with van der Waals surface area (Å²) >= 11 is 0. The van der Waals surface area contributed by atoms with E-state index < -0.39 is 0 Å². The van der Waals surface area contributed by atoms with Gasteiger partial charge in [-0.05, 0) is 43.2 Å². The summed E-state index contributed by atoms with van der Waals surface area (Å²) in [4.78, 5) is 13.8. The van der Waals surface area contributed by atoms with Crippen molar-refractivity contribution in [2.75, 3.05) is 7.05 Å². The second-order valence-electron chi connectivity index (χ2n) is 6.19. The highest BCUT2D eigenvalue weighted by atomic mass is 16.6. The number of carbonyl (C=O) groups excluding carboxylic acids is 1. The van der Waals surface area contributed by atoms with E-state index >= 15 is 0 Å². The topological polar surface area (TPSA) is 29.5 Å². The zero-order valence-electron chi connectivity index (χ0n) is 12.1. The zero-order chi connectivity index (χ0) is 13.9. The van der Waals surface area contributed by atoms with Gasteiger partial charge in [0.1, 0.15) is 5.75 Å². The number of carbonyl (C=O) groups is 1. The second-order valence-corrected chi connectivity index (χ2v) is 6.19. The Balaban J connectivity index is 1.89. The average molecular weight is 261 g/mol. The molecule has 1 amide bonds. The number of amides is 1. The first kappa shape index (κ1) is 13.9. The molecule has 0 radical (unpaired) electrons. The summed E-state index contributed by atoms with van der Waals surface area (Å²) in [6.07, 6.45) is 4.21. The quantitative estimate of drug-likeness (QED) is 0.802. The fraction of sp³-hybridized carbons (Fsp3) is 0.562. The van der Waals surface area contributed by atoms with Crippen LogP contribution in [-0.4, -0.2) is 24.1 Å². The Morgan fingerprint density at radius 3 is 2.37 bits per heavy atom. The van der Waals surface area contributed by atoms with E-state index in [1.807, 2.05) is 25.2 Å². The van der Waals surface area contributed by atoms with Crippen molar-refractivity contribution in [2.24, 2.45) is 5.41 Å². The first-order chi connectivity index (χ1) is 8.98. The van der Waals surface area contributed by atoms with Crippen LogP contribution in [0.2, 0.25) is 0 Å². The van der Waals surface area contributed by atoms with Crippen molar-refractivity contribution in [3.05, 3.63) is 30.3 Å². The number of para-hydroxylation sites is 1. The van der Waals surface area contributed by atoms with Gasteiger partial charge in [-0.25, -0.2) is 4.79 Å². The Hall–Kier alpha value is -1.51. The Kier molecular flexibility index (Phi) is 4.13. The first-order valence-electron chi connectivity index (χ1n) is 6.98. The van der Waals surface area contributed by atoms with E-state index in [9.17, 15) is 4.79 Å². The molecule has 1 aliphatic carbocycles. The van der Waals surface area contributed by atoms with Crippen LogP contribution in [0.3, 0.4) is 0 Å². The van der Waals surface area contributed by atoms with Crippen LogP contribution in [0.15, 0.2) is 30.3 Å². The first-order valence-corrected chi connectivity index (χ1v) is 6.98. The minimum atomic E-state index is -0.254. The Labute approximate surface area is 115 Å². The number of nitrogens with zero attached hydrogens (tertiary/aromatic N) is 1. The predicted molar refractivity (Wildman–Crippen MR) is 76.3 cm³/mol. The van der Waals surface area contributed by atoms with E-state index in [-0.39, 0.29) is 6.09 Å². The third kappa shape index (κ3) is 3.72. The van der Waals surface area contributed by atoms with Crippen molar-refractivity contribution < 1.29 is 9.53 Å². The fourth-order valence-electron chi connectivity index (χ4n) is 2.58. The molecule has 0 saturated heterocycles. The van der Waals surface area contributed by atoms with Crippen LogP contribution in [0.5, 0.6) is 5.75 Å². The molecule has 0 aromatic heterocycles. The van der Waals surface area contributed by atoms with Gasteiger partial charge in [-0.1, -0.05) is 32.0 Å². The van der Waals surface area contributed by atoms with E-state index in [0.717, 1.165) is 12.8 Å². The normalized spacial score (nSPS) is 18.9. The molecule has 2 rings (SSSR count). The van der Waals surface area contributed by atoms with Gasteiger partial charge in [0.05, 0.1) is 0 Å². The van der Waals surface area contributed by atoms with Gasteiger partial charge in [0.15, 0.2) is 0 Å². The standard InChI is InChI=1S/C16H23NO2/c1-16(2)11-9-13(10-12-16)17(3)15(18)19-14-7-5-4-6-8-14/h4-8,13H,9-12H2,1-3H3. The van der Waals surface area contributed by atoms with Gasteiger partial charge in [0.25, 0.3) is 0 Å². The molecule has 1 aliphatic rings. The third-order valence-electron chi connectivity index (χ3n) is 4.09. The molecule has 0 bridgehead atoms. The van der Waals surface area contributed by atoms with Gasteiger partial charge in [0.2, 0.25) is 0 Å². The highest BCUT2D eigenvalue weighted by Crippen LogP contribution is 2.36. The van der Waals surface area contributed by atoms with Gasteiger partial charge in [-0.15, -0.1) is 0 Å². The van der Waals surface area contributed by atoms with Crippen LogP contribution in [-0.2, 0) is 0 Å². The molecule has 1 aromatic rings. The third-order valence-corrected chi connectivity index (χ3v) is 4.09. The maximum atomic E-state index is 12.1. The summed E-state index contributed by atoms with van der Waals surface area (Å²) < 4.78 is 5.37. The predicted octanol–water partition coefficient (Wildman–Crippen LogP) is 4.09. The Morgan fingerprint density at radius 2 is 1.79 bits per heavy atom. The number of ether oxygens (including phenoxy) is 1. The SMILES string of the molecule is CN(C(=O)Oc1ccccc1)C1CCC(C)(C)CC1. The van der Waals surface area contributed by atoms with Crippen molar-refractivity contribution in [3.63, 3.8) is 0 Å². The molecule has 1 fully saturated rings. The zero-order valence-corrected chi connectivity index (χ0v) is 12.1. The number of hydrogen-bond acceptors (Lipinski definition) is 2. The molecule has 0 atom stereocenters. The van der Waals surface area contributed by atoms with E-state index in [2.05, 4.69) is 13.8 Å². The lowest BCUT2D eigenvalue weighted by Gasteiger charge is -2.38. The van der Waals surface area contributed by atoms with Gasteiger partial charge < -0.3 is 9.64 Å². The number of rotatable bonds is 2. The molecule has 1 saturated carbocycles. The van der Waals surface area contributed by atoms with Crippen molar-refractivity contribution in [2.45, 2.75) is 45.6 Å². The van der Waals surface area contributed by atoms with Crippen LogP contribution in [0.1, 0.15) is 39.5 Å². The molecule has 19 heavy (non-hydrogen) atoms. The van der Waals surface area contributed by atoms with Crippen LogP contribution in [0.4, 0.5) is 4.79 Å². The van der Waals surface area contributed by atoms with Gasteiger partial charge >= 0.3 is 6.09 Å². The molecule has 0 unspecified atom stereocenters. The van der Waals surface area contributed by atoms with E-state index in [1.54, 1.807) is 17.0 Å². The molecule has 0 aliphatic heterocycles. The second kappa shape index (κ2) is 5.64. The van der Waals surface area contributed by atoms with E-state index in [0.29, 0.717) is 17.2 Å². The fourth-order valence-corrected chi connectivity index (χ4v) is 2.58. The van der Waals surface area contributed by atoms with Crippen LogP contribution in [0, 0.1) is 5.41 Å². The van der Waals surface area contributed by atoms with Crippen LogP contribution >= 0.6 is 0 Å². The molecule has 1 aromatic carbocycles. The lowest BCUT2D eigenvalue weighted by atomic mass is 9.75. The molecule has 104 valence electrons. The summed E-state index contributed by atoms with van der Waals surface area (Å²) in [5, 5.41) is 0. The van der Waals surface area contributed by atoms with Crippen molar-refractivity contribution in [1.82, 2.24) is 4.90 Å². The minimum Gasteiger partial charge on any atom is -0.410 e. The molecule has 0 spiro atoms. The molecule has 3 heteroatoms. The highest BCUT2D eigenvalue weighted by Gasteiger charge is 2.31. The van der Waals surface area contributed by atoms with Crippen molar-refractivity contribution in [1.29, 1.82) is 0 Å². The minimum absolute atomic E-state index is 0.254. The highest BCUT2D eigenvalue weighted by molar-refractivity contribution is 5.70. The monoisotopic (exact) mass is 261 g/mol. The maximum Gasteiger partial charge on any atom is 0.415 e. The number of benzene rings is 1. The maximum absolute atomic E-state index is 12.1. The van der Waals surface area contributed by atoms with Crippen LogP contribution in [0.25, 0.3) is 0 Å². The summed E-state index contributed by atoms with van der Waals surface area (Å²) in [7, 11) is 1.84. The van der Waals surface area contributed by atoms with Gasteiger partial charge in [-0.3, -0.25) is 0 Å². The van der Waals surface area contributed by atoms with Gasteiger partial charge in [0, 0.05) is 13.1 Å². The number of hydrogen-bond donors (Lipinski definition) is 0. The molecule has 0 N–H and O–H groups in total. The van der Waals surface area contributed by atoms with Crippen molar-refractivity contribution in [3.8, 4) is 5.75 Å². The molecule has 3 nitrogen and oxygen atoms in total. The molecular formula is C16H23NO2. The average Bonchev–Trinajstić information content (AvgIpc) is 2.39. The van der Waals surface area contributed by atoms with Crippen LogP contribution < -0.4 is 4.74 Å². The Morgan fingerprint density at radius 1 is 1.21 bits per heavy atom. The largest absolute Gasteiger partial charge is 0.415 e. The van der Waals surface area contributed by atoms with Crippen molar-refractivity contribution >= 4 is 6.09 Å². The smallest absolute Gasteiger partial charge is 0.410 e. The summed E-state index contributed by atoms with van der Waals surface area (Å²) in [5.74, 6) is 0.607. The lowest BCUT2D eigenvalue weighted by molar-refractivity contribution is 0.109. The van der Waals surface area contributed by atoms with E-state index in [4.69, 9.17) is 4.74 Å². The van der Waals surface area contributed by atoms with E-state index in [1.165, 1.54) is 12.8 Å². The molecule has 0 heterocycles. The summed E-state index contributed by atoms with van der Waals surface area (Å²) in [6, 6.07) is 9.55. The molecular weight excluding hydrogens is 238 g/mol. The lowest BCUT2D eigenvalue weighted by Crippen LogP contribution is -2.42.